The first kappa shape index (κ1) is 20.6. The molecule has 0 saturated heterocycles. The lowest BCUT2D eigenvalue weighted by Gasteiger charge is -2.24. The van der Waals surface area contributed by atoms with Crippen LogP contribution < -0.4 is 5.32 Å². The van der Waals surface area contributed by atoms with Gasteiger partial charge in [-0.05, 0) is 39.9 Å². The molecule has 152 valence electrons. The summed E-state index contributed by atoms with van der Waals surface area (Å²) in [5.74, 6) is -0.177. The summed E-state index contributed by atoms with van der Waals surface area (Å²) in [7, 11) is 0. The van der Waals surface area contributed by atoms with Gasteiger partial charge in [0.05, 0.1) is 6.42 Å². The molecule has 2 aromatic rings. The van der Waals surface area contributed by atoms with E-state index < -0.39 is 12.1 Å². The van der Waals surface area contributed by atoms with E-state index in [1.807, 2.05) is 20.1 Å². The van der Waals surface area contributed by atoms with Gasteiger partial charge < -0.3 is 10.1 Å². The molecule has 8 nitrogen and oxygen atoms in total. The number of thioether (sulfide) groups is 1. The SMILES string of the molecule is CSc1nc2nc(C)c(CC(=O)O[C@@H](C)C(=O)NC3CCCCC3)c(C)n2n1. The number of hydrogen-bond acceptors (Lipinski definition) is 7. The number of esters is 1. The molecule has 0 unspecified atom stereocenters. The number of amides is 1. The maximum atomic E-state index is 12.4. The first-order chi connectivity index (χ1) is 13.4. The van der Waals surface area contributed by atoms with Gasteiger partial charge in [0.1, 0.15) is 0 Å². The first-order valence-electron chi connectivity index (χ1n) is 9.65. The van der Waals surface area contributed by atoms with Crippen molar-refractivity contribution < 1.29 is 14.3 Å². The first-order valence-corrected chi connectivity index (χ1v) is 10.9. The third kappa shape index (κ3) is 4.63. The summed E-state index contributed by atoms with van der Waals surface area (Å²) in [5.41, 5.74) is 2.25. The molecule has 1 amide bonds. The smallest absolute Gasteiger partial charge is 0.311 e. The average Bonchev–Trinajstić information content (AvgIpc) is 3.09. The van der Waals surface area contributed by atoms with Crippen molar-refractivity contribution in [3.63, 3.8) is 0 Å². The van der Waals surface area contributed by atoms with Gasteiger partial charge in [-0.15, -0.1) is 5.10 Å². The zero-order valence-corrected chi connectivity index (χ0v) is 17.6. The quantitative estimate of drug-likeness (QED) is 0.582. The van der Waals surface area contributed by atoms with Crippen molar-refractivity contribution in [2.24, 2.45) is 0 Å². The molecular weight excluding hydrogens is 378 g/mol. The molecule has 1 aliphatic carbocycles. The molecule has 28 heavy (non-hydrogen) atoms. The molecule has 0 radical (unpaired) electrons. The predicted octanol–water partition coefficient (Wildman–Crippen LogP) is 2.39. The number of nitrogens with zero attached hydrogens (tertiary/aromatic N) is 4. The fourth-order valence-electron chi connectivity index (χ4n) is 3.53. The summed E-state index contributed by atoms with van der Waals surface area (Å²) in [4.78, 5) is 33.5. The largest absolute Gasteiger partial charge is 0.452 e. The second kappa shape index (κ2) is 8.89. The molecule has 2 aromatic heterocycles. The number of aromatic nitrogens is 4. The lowest BCUT2D eigenvalue weighted by molar-refractivity contribution is -0.154. The van der Waals surface area contributed by atoms with E-state index in [1.165, 1.54) is 18.2 Å². The Balaban J connectivity index is 1.64. The van der Waals surface area contributed by atoms with Crippen molar-refractivity contribution in [1.29, 1.82) is 0 Å². The van der Waals surface area contributed by atoms with E-state index in [0.29, 0.717) is 16.6 Å². The fraction of sp³-hybridized carbons (Fsp3) is 0.632. The van der Waals surface area contributed by atoms with Crippen LogP contribution in [0.5, 0.6) is 0 Å². The van der Waals surface area contributed by atoms with Gasteiger partial charge in [-0.1, -0.05) is 31.0 Å². The van der Waals surface area contributed by atoms with Crippen LogP contribution in [0.1, 0.15) is 56.0 Å². The zero-order valence-electron chi connectivity index (χ0n) is 16.8. The van der Waals surface area contributed by atoms with Gasteiger partial charge in [0.25, 0.3) is 11.7 Å². The maximum absolute atomic E-state index is 12.4. The Morgan fingerprint density at radius 3 is 2.64 bits per heavy atom. The summed E-state index contributed by atoms with van der Waals surface area (Å²) in [5, 5.41) is 8.00. The fourth-order valence-corrected chi connectivity index (χ4v) is 3.87. The highest BCUT2D eigenvalue weighted by Crippen LogP contribution is 2.19. The molecule has 2 heterocycles. The Kier molecular flexibility index (Phi) is 6.53. The number of hydrogen-bond donors (Lipinski definition) is 1. The summed E-state index contributed by atoms with van der Waals surface area (Å²) < 4.78 is 7.02. The van der Waals surface area contributed by atoms with Crippen LogP contribution in [-0.2, 0) is 20.7 Å². The maximum Gasteiger partial charge on any atom is 0.311 e. The van der Waals surface area contributed by atoms with Crippen LogP contribution in [0.3, 0.4) is 0 Å². The van der Waals surface area contributed by atoms with E-state index in [2.05, 4.69) is 20.4 Å². The van der Waals surface area contributed by atoms with Crippen molar-refractivity contribution in [3.05, 3.63) is 17.0 Å². The van der Waals surface area contributed by atoms with Gasteiger partial charge in [0.2, 0.25) is 5.16 Å². The van der Waals surface area contributed by atoms with Crippen molar-refractivity contribution in [1.82, 2.24) is 24.9 Å². The van der Waals surface area contributed by atoms with Gasteiger partial charge in [0, 0.05) is 23.0 Å². The van der Waals surface area contributed by atoms with Crippen LogP contribution in [0.25, 0.3) is 5.78 Å². The van der Waals surface area contributed by atoms with Gasteiger partial charge in [-0.3, -0.25) is 9.59 Å². The summed E-state index contributed by atoms with van der Waals surface area (Å²) in [6.07, 6.45) is 6.59. The van der Waals surface area contributed by atoms with Gasteiger partial charge in [0.15, 0.2) is 6.10 Å². The molecular formula is C19H27N5O3S. The molecule has 1 aliphatic rings. The summed E-state index contributed by atoms with van der Waals surface area (Å²) in [6, 6.07) is 0.191. The van der Waals surface area contributed by atoms with Crippen molar-refractivity contribution in [2.75, 3.05) is 6.26 Å². The van der Waals surface area contributed by atoms with Crippen molar-refractivity contribution >= 4 is 29.4 Å². The molecule has 1 atom stereocenters. The van der Waals surface area contributed by atoms with Gasteiger partial charge in [-0.25, -0.2) is 9.50 Å². The molecule has 1 saturated carbocycles. The number of aryl methyl sites for hydroxylation is 2. The Bertz CT molecular complexity index is 876. The van der Waals surface area contributed by atoms with E-state index in [0.717, 1.165) is 36.9 Å². The molecule has 0 bridgehead atoms. The minimum Gasteiger partial charge on any atom is -0.452 e. The highest BCUT2D eigenvalue weighted by Gasteiger charge is 2.23. The molecule has 1 N–H and O–H groups in total. The number of carbonyl (C=O) groups excluding carboxylic acids is 2. The second-order valence-corrected chi connectivity index (χ2v) is 8.00. The Hall–Kier alpha value is -2.16. The molecule has 3 rings (SSSR count). The Morgan fingerprint density at radius 2 is 1.96 bits per heavy atom. The van der Waals surface area contributed by atoms with Crippen LogP contribution in [0.4, 0.5) is 0 Å². The van der Waals surface area contributed by atoms with Crippen LogP contribution in [0.15, 0.2) is 5.16 Å². The van der Waals surface area contributed by atoms with E-state index >= 15 is 0 Å². The molecule has 1 fully saturated rings. The predicted molar refractivity (Wildman–Crippen MR) is 106 cm³/mol. The minimum atomic E-state index is -0.818. The van der Waals surface area contributed by atoms with Crippen LogP contribution in [-0.4, -0.2) is 49.9 Å². The monoisotopic (exact) mass is 405 g/mol. The third-order valence-corrected chi connectivity index (χ3v) is 5.70. The number of ether oxygens (including phenoxy) is 1. The van der Waals surface area contributed by atoms with E-state index in [9.17, 15) is 9.59 Å². The van der Waals surface area contributed by atoms with Crippen molar-refractivity contribution in [3.8, 4) is 0 Å². The minimum absolute atomic E-state index is 0.0378. The van der Waals surface area contributed by atoms with Crippen LogP contribution in [0.2, 0.25) is 0 Å². The van der Waals surface area contributed by atoms with Crippen molar-refractivity contribution in [2.45, 2.75) is 76.6 Å². The number of fused-ring (bicyclic) bond motifs is 1. The van der Waals surface area contributed by atoms with Crippen LogP contribution in [0, 0.1) is 13.8 Å². The molecule has 0 spiro atoms. The lowest BCUT2D eigenvalue weighted by Crippen LogP contribution is -2.43. The Labute approximate surface area is 168 Å². The summed E-state index contributed by atoms with van der Waals surface area (Å²) in [6.45, 7) is 5.32. The standard InChI is InChI=1S/C19H27N5O3S/c1-11-15(12(2)24-18(20-11)22-19(23-24)28-4)10-16(25)27-13(3)17(26)21-14-8-6-5-7-9-14/h13-14H,5-10H2,1-4H3,(H,21,26)/t13-/m0/s1. The van der Waals surface area contributed by atoms with Crippen LogP contribution >= 0.6 is 11.8 Å². The third-order valence-electron chi connectivity index (χ3n) is 5.16. The van der Waals surface area contributed by atoms with Gasteiger partial charge >= 0.3 is 5.97 Å². The molecule has 0 aliphatic heterocycles. The Morgan fingerprint density at radius 1 is 1.25 bits per heavy atom. The van der Waals surface area contributed by atoms with Gasteiger partial charge in [-0.2, -0.15) is 4.98 Å². The number of rotatable bonds is 6. The lowest BCUT2D eigenvalue weighted by atomic mass is 9.95. The van der Waals surface area contributed by atoms with E-state index in [-0.39, 0.29) is 18.4 Å². The topological polar surface area (TPSA) is 98.5 Å². The number of carbonyl (C=O) groups is 2. The highest BCUT2D eigenvalue weighted by atomic mass is 32.2. The molecule has 9 heteroatoms. The normalized spacial score (nSPS) is 16.1. The summed E-state index contributed by atoms with van der Waals surface area (Å²) >= 11 is 1.44. The van der Waals surface area contributed by atoms with E-state index in [1.54, 1.807) is 11.4 Å². The second-order valence-electron chi connectivity index (χ2n) is 7.22. The zero-order chi connectivity index (χ0) is 20.3. The highest BCUT2D eigenvalue weighted by molar-refractivity contribution is 7.98. The number of nitrogens with one attached hydrogen (secondary N) is 1. The average molecular weight is 406 g/mol. The van der Waals surface area contributed by atoms with E-state index in [4.69, 9.17) is 4.74 Å². The molecule has 0 aromatic carbocycles.